The second kappa shape index (κ2) is 14.0. The van der Waals surface area contributed by atoms with Crippen LogP contribution in [0.4, 0.5) is 9.59 Å². The highest BCUT2D eigenvalue weighted by Crippen LogP contribution is 2.37. The van der Waals surface area contributed by atoms with Crippen LogP contribution in [0.1, 0.15) is 53.5 Å². The summed E-state index contributed by atoms with van der Waals surface area (Å²) in [4.78, 5) is 40.6. The SMILES string of the molecule is CC(C)(C)OC(=O)N1C(=O)[C@H](O)C[C@@H]1[C@H](CO[Si](c1ccccc1)(c1ccccc1)C(C)(C)C)NC(=O)OCc1ccccc1. The molecular formula is C35H44N2O7Si. The van der Waals surface area contributed by atoms with Crippen molar-refractivity contribution < 1.29 is 33.4 Å². The number of hydrogen-bond donors (Lipinski definition) is 2. The molecule has 1 aliphatic heterocycles. The third-order valence-corrected chi connectivity index (χ3v) is 12.8. The number of alkyl carbamates (subject to hydrolysis) is 1. The Kier molecular flexibility index (Phi) is 10.5. The van der Waals surface area contributed by atoms with E-state index in [4.69, 9.17) is 13.9 Å². The summed E-state index contributed by atoms with van der Waals surface area (Å²) in [5.74, 6) is -0.788. The Morgan fingerprint density at radius 1 is 0.889 bits per heavy atom. The van der Waals surface area contributed by atoms with E-state index >= 15 is 0 Å². The topological polar surface area (TPSA) is 114 Å². The van der Waals surface area contributed by atoms with Crippen LogP contribution in [0.15, 0.2) is 91.0 Å². The number of nitrogens with zero attached hydrogens (tertiary/aromatic N) is 1. The van der Waals surface area contributed by atoms with Gasteiger partial charge >= 0.3 is 12.2 Å². The quantitative estimate of drug-likeness (QED) is 0.327. The summed E-state index contributed by atoms with van der Waals surface area (Å²) in [5, 5.41) is 15.2. The zero-order chi connectivity index (χ0) is 32.8. The maximum atomic E-state index is 13.3. The first-order chi connectivity index (χ1) is 21.2. The van der Waals surface area contributed by atoms with Gasteiger partial charge in [0.1, 0.15) is 18.3 Å². The Balaban J connectivity index is 1.72. The number of carbonyl (C=O) groups excluding carboxylic acids is 3. The van der Waals surface area contributed by atoms with Gasteiger partial charge in [0.2, 0.25) is 0 Å². The van der Waals surface area contributed by atoms with Crippen molar-refractivity contribution in [2.45, 2.75) is 83.4 Å². The van der Waals surface area contributed by atoms with Crippen LogP contribution in [0.2, 0.25) is 5.04 Å². The summed E-state index contributed by atoms with van der Waals surface area (Å²) in [6.07, 6.45) is -3.19. The molecule has 1 fully saturated rings. The van der Waals surface area contributed by atoms with Crippen molar-refractivity contribution in [3.8, 4) is 0 Å². The van der Waals surface area contributed by atoms with Gasteiger partial charge in [0.25, 0.3) is 14.2 Å². The van der Waals surface area contributed by atoms with E-state index < -0.39 is 50.2 Å². The van der Waals surface area contributed by atoms with Gasteiger partial charge in [-0.05, 0) is 41.7 Å². The monoisotopic (exact) mass is 632 g/mol. The number of nitrogens with one attached hydrogen (secondary N) is 1. The van der Waals surface area contributed by atoms with Gasteiger partial charge in [0.05, 0.1) is 18.7 Å². The second-order valence-electron chi connectivity index (χ2n) is 13.3. The molecule has 3 aromatic rings. The summed E-state index contributed by atoms with van der Waals surface area (Å²) in [6, 6.07) is 27.4. The predicted molar refractivity (Wildman–Crippen MR) is 175 cm³/mol. The van der Waals surface area contributed by atoms with E-state index in [1.54, 1.807) is 20.8 Å². The van der Waals surface area contributed by atoms with E-state index in [9.17, 15) is 19.5 Å². The minimum absolute atomic E-state index is 0.0248. The fourth-order valence-corrected chi connectivity index (χ4v) is 10.4. The van der Waals surface area contributed by atoms with Crippen LogP contribution in [0.25, 0.3) is 0 Å². The molecule has 3 aromatic carbocycles. The van der Waals surface area contributed by atoms with Gasteiger partial charge < -0.3 is 24.3 Å². The lowest BCUT2D eigenvalue weighted by Crippen LogP contribution is -2.68. The van der Waals surface area contributed by atoms with E-state index in [1.165, 1.54) is 0 Å². The van der Waals surface area contributed by atoms with E-state index in [1.807, 2.05) is 66.7 Å². The number of likely N-dealkylation sites (tertiary alicyclic amines) is 1. The fourth-order valence-electron chi connectivity index (χ4n) is 5.78. The van der Waals surface area contributed by atoms with Gasteiger partial charge in [-0.1, -0.05) is 112 Å². The second-order valence-corrected chi connectivity index (χ2v) is 17.6. The van der Waals surface area contributed by atoms with Gasteiger partial charge in [0, 0.05) is 6.42 Å². The lowest BCUT2D eigenvalue weighted by molar-refractivity contribution is -0.134. The number of benzene rings is 3. The molecule has 3 atom stereocenters. The van der Waals surface area contributed by atoms with Crippen molar-refractivity contribution in [2.24, 2.45) is 0 Å². The molecule has 0 aromatic heterocycles. The lowest BCUT2D eigenvalue weighted by atomic mass is 10.1. The Bertz CT molecular complexity index is 1400. The maximum Gasteiger partial charge on any atom is 0.417 e. The summed E-state index contributed by atoms with van der Waals surface area (Å²) in [5.41, 5.74) is -0.0899. The molecule has 45 heavy (non-hydrogen) atoms. The van der Waals surface area contributed by atoms with Crippen LogP contribution >= 0.6 is 0 Å². The molecule has 10 heteroatoms. The van der Waals surface area contributed by atoms with Crippen LogP contribution in [0, 0.1) is 0 Å². The highest BCUT2D eigenvalue weighted by Gasteiger charge is 2.53. The van der Waals surface area contributed by atoms with Crippen LogP contribution in [0.5, 0.6) is 0 Å². The van der Waals surface area contributed by atoms with Crippen molar-refractivity contribution in [1.82, 2.24) is 10.2 Å². The molecule has 0 aliphatic carbocycles. The summed E-state index contributed by atoms with van der Waals surface area (Å²) in [6.45, 7) is 11.4. The first-order valence-electron chi connectivity index (χ1n) is 15.2. The highest BCUT2D eigenvalue weighted by atomic mass is 28.4. The number of carbonyl (C=O) groups is 3. The Morgan fingerprint density at radius 3 is 1.89 bits per heavy atom. The number of amides is 3. The van der Waals surface area contributed by atoms with E-state index in [2.05, 4.69) is 50.4 Å². The maximum absolute atomic E-state index is 13.3. The molecule has 0 radical (unpaired) electrons. The number of ether oxygens (including phenoxy) is 2. The van der Waals surface area contributed by atoms with Crippen LogP contribution in [-0.4, -0.2) is 66.8 Å². The van der Waals surface area contributed by atoms with Crippen molar-refractivity contribution >= 4 is 36.8 Å². The normalized spacial score (nSPS) is 17.9. The van der Waals surface area contributed by atoms with E-state index in [0.717, 1.165) is 20.8 Å². The number of aliphatic hydroxyl groups is 1. The predicted octanol–water partition coefficient (Wildman–Crippen LogP) is 4.75. The van der Waals surface area contributed by atoms with Crippen molar-refractivity contribution in [2.75, 3.05) is 6.61 Å². The molecule has 1 aliphatic rings. The average Bonchev–Trinajstić information content (AvgIpc) is 3.29. The standard InChI is InChI=1S/C35H44N2O7Si/c1-34(2,3)44-33(41)37-29(22-30(38)31(37)39)28(36-32(40)42-23-25-16-10-7-11-17-25)24-43-45(35(4,5)6,26-18-12-8-13-19-26)27-20-14-9-15-21-27/h7-21,28-30,38H,22-24H2,1-6H3,(H,36,40)/t28-,29+,30+/m0/s1. The molecule has 3 amide bonds. The summed E-state index contributed by atoms with van der Waals surface area (Å²) < 4.78 is 18.2. The van der Waals surface area contributed by atoms with Crippen molar-refractivity contribution in [3.63, 3.8) is 0 Å². The molecule has 0 saturated carbocycles. The largest absolute Gasteiger partial charge is 0.445 e. The van der Waals surface area contributed by atoms with Gasteiger partial charge in [-0.25, -0.2) is 14.5 Å². The Morgan fingerprint density at radius 2 is 1.40 bits per heavy atom. The zero-order valence-electron chi connectivity index (χ0n) is 26.9. The molecule has 2 N–H and O–H groups in total. The molecule has 0 spiro atoms. The summed E-state index contributed by atoms with van der Waals surface area (Å²) >= 11 is 0. The molecular weight excluding hydrogens is 588 g/mol. The molecule has 9 nitrogen and oxygen atoms in total. The molecule has 1 saturated heterocycles. The molecule has 0 unspecified atom stereocenters. The van der Waals surface area contributed by atoms with E-state index in [0.29, 0.717) is 0 Å². The van der Waals surface area contributed by atoms with Gasteiger partial charge in [-0.15, -0.1) is 0 Å². The Labute approximate surface area is 266 Å². The van der Waals surface area contributed by atoms with Crippen LogP contribution < -0.4 is 15.7 Å². The smallest absolute Gasteiger partial charge is 0.417 e. The first-order valence-corrected chi connectivity index (χ1v) is 17.1. The minimum atomic E-state index is -3.08. The first kappa shape index (κ1) is 33.9. The van der Waals surface area contributed by atoms with Crippen molar-refractivity contribution in [3.05, 3.63) is 96.6 Å². The zero-order valence-corrected chi connectivity index (χ0v) is 27.9. The van der Waals surface area contributed by atoms with Crippen LogP contribution in [-0.2, 0) is 25.3 Å². The average molecular weight is 633 g/mol. The van der Waals surface area contributed by atoms with Gasteiger partial charge in [-0.3, -0.25) is 4.79 Å². The van der Waals surface area contributed by atoms with Gasteiger partial charge in [0.15, 0.2) is 0 Å². The molecule has 240 valence electrons. The number of hydrogen-bond acceptors (Lipinski definition) is 7. The molecule has 0 bridgehead atoms. The van der Waals surface area contributed by atoms with Gasteiger partial charge in [-0.2, -0.15) is 0 Å². The third-order valence-electron chi connectivity index (χ3n) is 7.79. The Hall–Kier alpha value is -3.99. The number of rotatable bonds is 9. The number of imide groups is 1. The fraction of sp³-hybridized carbons (Fsp3) is 0.400. The van der Waals surface area contributed by atoms with Crippen molar-refractivity contribution in [1.29, 1.82) is 0 Å². The summed E-state index contributed by atoms with van der Waals surface area (Å²) in [7, 11) is -3.08. The molecule has 1 heterocycles. The third kappa shape index (κ3) is 8.00. The minimum Gasteiger partial charge on any atom is -0.445 e. The number of aliphatic hydroxyl groups excluding tert-OH is 1. The van der Waals surface area contributed by atoms with Crippen LogP contribution in [0.3, 0.4) is 0 Å². The van der Waals surface area contributed by atoms with E-state index in [-0.39, 0.29) is 24.7 Å². The molecule has 4 rings (SSSR count). The lowest BCUT2D eigenvalue weighted by Gasteiger charge is -2.44. The highest BCUT2D eigenvalue weighted by molar-refractivity contribution is 6.99.